The van der Waals surface area contributed by atoms with Gasteiger partial charge in [-0.3, -0.25) is 4.79 Å². The van der Waals surface area contributed by atoms with Gasteiger partial charge in [-0.15, -0.1) is 0 Å². The van der Waals surface area contributed by atoms with E-state index in [-0.39, 0.29) is 5.91 Å². The Morgan fingerprint density at radius 3 is 2.94 bits per heavy atom. The summed E-state index contributed by atoms with van der Waals surface area (Å²) in [6.07, 6.45) is 2.93. The van der Waals surface area contributed by atoms with E-state index < -0.39 is 0 Å². The van der Waals surface area contributed by atoms with Gasteiger partial charge >= 0.3 is 0 Å². The lowest BCUT2D eigenvalue weighted by molar-refractivity contribution is 0.0925. The Kier molecular flexibility index (Phi) is 4.37. The molecule has 0 saturated carbocycles. The number of aryl methyl sites for hydroxylation is 1. The second kappa shape index (κ2) is 6.01. The summed E-state index contributed by atoms with van der Waals surface area (Å²) < 4.78 is 0. The number of benzene rings is 1. The fourth-order valence-electron chi connectivity index (χ4n) is 2.58. The van der Waals surface area contributed by atoms with Crippen molar-refractivity contribution < 1.29 is 4.79 Å². The monoisotopic (exact) mass is 246 g/mol. The van der Waals surface area contributed by atoms with Crippen LogP contribution in [0.25, 0.3) is 0 Å². The van der Waals surface area contributed by atoms with E-state index >= 15 is 0 Å². The van der Waals surface area contributed by atoms with Crippen molar-refractivity contribution in [2.24, 2.45) is 0 Å². The van der Waals surface area contributed by atoms with Crippen LogP contribution < -0.4 is 10.6 Å². The molecule has 0 bridgehead atoms. The van der Waals surface area contributed by atoms with Crippen molar-refractivity contribution in [1.82, 2.24) is 10.6 Å². The Hall–Kier alpha value is -1.35. The summed E-state index contributed by atoms with van der Waals surface area (Å²) in [5, 5.41) is 6.56. The minimum atomic E-state index is 0.0755. The number of hydrogen-bond acceptors (Lipinski definition) is 2. The molecule has 1 aromatic rings. The van der Waals surface area contributed by atoms with Crippen molar-refractivity contribution in [3.8, 4) is 0 Å². The van der Waals surface area contributed by atoms with Crippen molar-refractivity contribution in [2.75, 3.05) is 6.54 Å². The molecule has 1 aliphatic rings. The Bertz CT molecular complexity index is 417. The molecule has 98 valence electrons. The molecule has 3 nitrogen and oxygen atoms in total. The molecule has 2 rings (SSSR count). The Morgan fingerprint density at radius 1 is 1.44 bits per heavy atom. The largest absolute Gasteiger partial charge is 0.349 e. The molecular weight excluding hydrogens is 224 g/mol. The molecule has 1 aliphatic heterocycles. The minimum Gasteiger partial charge on any atom is -0.349 e. The van der Waals surface area contributed by atoms with Gasteiger partial charge in [0.25, 0.3) is 5.91 Å². The van der Waals surface area contributed by atoms with Crippen LogP contribution in [0, 0.1) is 0 Å². The molecular formula is C15H22N2O. The van der Waals surface area contributed by atoms with E-state index in [0.717, 1.165) is 36.9 Å². The first kappa shape index (κ1) is 13.1. The fourth-order valence-corrected chi connectivity index (χ4v) is 2.58. The fraction of sp³-hybridized carbons (Fsp3) is 0.533. The van der Waals surface area contributed by atoms with Crippen LogP contribution in [0.3, 0.4) is 0 Å². The molecule has 2 atom stereocenters. The van der Waals surface area contributed by atoms with Gasteiger partial charge in [0.1, 0.15) is 0 Å². The summed E-state index contributed by atoms with van der Waals surface area (Å²) >= 11 is 0. The maximum Gasteiger partial charge on any atom is 0.251 e. The minimum absolute atomic E-state index is 0.0755. The standard InChI is InChI=1S/C15H22N2O/c1-3-12-6-4-5-7-14(12)15(18)17-13-8-9-16-11(2)10-13/h4-7,11,13,16H,3,8-10H2,1-2H3,(H,17,18). The summed E-state index contributed by atoms with van der Waals surface area (Å²) in [6, 6.07) is 8.66. The van der Waals surface area contributed by atoms with E-state index in [1.807, 2.05) is 24.3 Å². The van der Waals surface area contributed by atoms with E-state index in [4.69, 9.17) is 0 Å². The number of carbonyl (C=O) groups is 1. The van der Waals surface area contributed by atoms with Gasteiger partial charge in [-0.25, -0.2) is 0 Å². The normalized spacial score (nSPS) is 23.7. The lowest BCUT2D eigenvalue weighted by atomic mass is 9.99. The van der Waals surface area contributed by atoms with Crippen LogP contribution in [-0.2, 0) is 6.42 Å². The second-order valence-corrected chi connectivity index (χ2v) is 5.06. The summed E-state index contributed by atoms with van der Waals surface area (Å²) in [5.41, 5.74) is 1.95. The SMILES string of the molecule is CCc1ccccc1C(=O)NC1CCNC(C)C1. The highest BCUT2D eigenvalue weighted by molar-refractivity contribution is 5.95. The maximum absolute atomic E-state index is 12.3. The van der Waals surface area contributed by atoms with Gasteiger partial charge < -0.3 is 10.6 Å². The number of nitrogens with one attached hydrogen (secondary N) is 2. The number of hydrogen-bond donors (Lipinski definition) is 2. The molecule has 3 heteroatoms. The van der Waals surface area contributed by atoms with Crippen LogP contribution in [0.15, 0.2) is 24.3 Å². The molecule has 1 fully saturated rings. The number of piperidine rings is 1. The molecule has 1 aromatic carbocycles. The zero-order valence-corrected chi connectivity index (χ0v) is 11.2. The summed E-state index contributed by atoms with van der Waals surface area (Å²) in [6.45, 7) is 5.23. The lowest BCUT2D eigenvalue weighted by Gasteiger charge is -2.28. The average molecular weight is 246 g/mol. The van der Waals surface area contributed by atoms with Crippen LogP contribution in [0.1, 0.15) is 42.6 Å². The van der Waals surface area contributed by atoms with Crippen molar-refractivity contribution in [3.63, 3.8) is 0 Å². The molecule has 0 radical (unpaired) electrons. The zero-order chi connectivity index (χ0) is 13.0. The lowest BCUT2D eigenvalue weighted by Crippen LogP contribution is -2.46. The number of amides is 1. The first-order valence-corrected chi connectivity index (χ1v) is 6.83. The van der Waals surface area contributed by atoms with Crippen LogP contribution in [0.2, 0.25) is 0 Å². The molecule has 0 aliphatic carbocycles. The van der Waals surface area contributed by atoms with Crippen LogP contribution >= 0.6 is 0 Å². The highest BCUT2D eigenvalue weighted by Gasteiger charge is 2.21. The summed E-state index contributed by atoms with van der Waals surface area (Å²) in [5.74, 6) is 0.0755. The van der Waals surface area contributed by atoms with Crippen molar-refractivity contribution in [1.29, 1.82) is 0 Å². The van der Waals surface area contributed by atoms with Gasteiger partial charge in [0.15, 0.2) is 0 Å². The average Bonchev–Trinajstić information content (AvgIpc) is 2.38. The smallest absolute Gasteiger partial charge is 0.251 e. The number of carbonyl (C=O) groups excluding carboxylic acids is 1. The molecule has 18 heavy (non-hydrogen) atoms. The van der Waals surface area contributed by atoms with Gasteiger partial charge in [-0.05, 0) is 44.4 Å². The third-order valence-electron chi connectivity index (χ3n) is 3.60. The van der Waals surface area contributed by atoms with Gasteiger partial charge in [0.05, 0.1) is 0 Å². The molecule has 2 N–H and O–H groups in total. The topological polar surface area (TPSA) is 41.1 Å². The third kappa shape index (κ3) is 3.10. The number of rotatable bonds is 3. The summed E-state index contributed by atoms with van der Waals surface area (Å²) in [4.78, 5) is 12.3. The Labute approximate surface area is 109 Å². The van der Waals surface area contributed by atoms with E-state index in [2.05, 4.69) is 24.5 Å². The molecule has 1 saturated heterocycles. The quantitative estimate of drug-likeness (QED) is 0.857. The molecule has 2 unspecified atom stereocenters. The molecule has 0 aromatic heterocycles. The maximum atomic E-state index is 12.3. The Morgan fingerprint density at radius 2 is 2.22 bits per heavy atom. The predicted octanol–water partition coefficient (Wildman–Crippen LogP) is 2.12. The van der Waals surface area contributed by atoms with Gasteiger partial charge in [0, 0.05) is 17.6 Å². The first-order valence-electron chi connectivity index (χ1n) is 6.83. The second-order valence-electron chi connectivity index (χ2n) is 5.06. The van der Waals surface area contributed by atoms with Crippen molar-refractivity contribution in [3.05, 3.63) is 35.4 Å². The first-order chi connectivity index (χ1) is 8.70. The molecule has 1 amide bonds. The van der Waals surface area contributed by atoms with E-state index in [1.54, 1.807) is 0 Å². The van der Waals surface area contributed by atoms with Crippen molar-refractivity contribution in [2.45, 2.75) is 45.2 Å². The van der Waals surface area contributed by atoms with E-state index in [0.29, 0.717) is 12.1 Å². The van der Waals surface area contributed by atoms with E-state index in [1.165, 1.54) is 0 Å². The van der Waals surface area contributed by atoms with Crippen LogP contribution in [-0.4, -0.2) is 24.5 Å². The zero-order valence-electron chi connectivity index (χ0n) is 11.2. The third-order valence-corrected chi connectivity index (χ3v) is 3.60. The highest BCUT2D eigenvalue weighted by atomic mass is 16.1. The summed E-state index contributed by atoms with van der Waals surface area (Å²) in [7, 11) is 0. The highest BCUT2D eigenvalue weighted by Crippen LogP contribution is 2.12. The van der Waals surface area contributed by atoms with Crippen molar-refractivity contribution >= 4 is 5.91 Å². The predicted molar refractivity (Wildman–Crippen MR) is 73.8 cm³/mol. The molecule has 1 heterocycles. The van der Waals surface area contributed by atoms with E-state index in [9.17, 15) is 4.79 Å². The molecule has 0 spiro atoms. The van der Waals surface area contributed by atoms with Gasteiger partial charge in [-0.2, -0.15) is 0 Å². The Balaban J connectivity index is 2.03. The van der Waals surface area contributed by atoms with Crippen LogP contribution in [0.5, 0.6) is 0 Å². The van der Waals surface area contributed by atoms with Gasteiger partial charge in [0.2, 0.25) is 0 Å². The van der Waals surface area contributed by atoms with Gasteiger partial charge in [-0.1, -0.05) is 25.1 Å². The van der Waals surface area contributed by atoms with Crippen LogP contribution in [0.4, 0.5) is 0 Å².